The van der Waals surface area contributed by atoms with Gasteiger partial charge in [0, 0.05) is 39.9 Å². The summed E-state index contributed by atoms with van der Waals surface area (Å²) in [6.45, 7) is 4.14. The molecule has 0 spiro atoms. The van der Waals surface area contributed by atoms with Crippen molar-refractivity contribution in [2.75, 3.05) is 53.5 Å². The second-order valence-electron chi connectivity index (χ2n) is 6.86. The van der Waals surface area contributed by atoms with Crippen molar-refractivity contribution >= 4 is 5.96 Å². The molecule has 1 aliphatic rings. The van der Waals surface area contributed by atoms with Crippen molar-refractivity contribution < 1.29 is 17.9 Å². The Hall–Kier alpha value is -1.02. The third kappa shape index (κ3) is 9.30. The van der Waals surface area contributed by atoms with Gasteiger partial charge >= 0.3 is 6.18 Å². The summed E-state index contributed by atoms with van der Waals surface area (Å²) in [5.74, 6) is 0.642. The predicted molar refractivity (Wildman–Crippen MR) is 94.9 cm³/mol. The van der Waals surface area contributed by atoms with Crippen LogP contribution in [0.4, 0.5) is 13.2 Å². The van der Waals surface area contributed by atoms with Crippen molar-refractivity contribution in [3.63, 3.8) is 0 Å². The number of rotatable bonds is 10. The first-order valence-electron chi connectivity index (χ1n) is 9.08. The zero-order chi connectivity index (χ0) is 18.8. The third-order valence-corrected chi connectivity index (χ3v) is 4.73. The molecule has 1 saturated carbocycles. The topological polar surface area (TPSA) is 48.9 Å². The lowest BCUT2D eigenvalue weighted by molar-refractivity contribution is -0.142. The Labute approximate surface area is 149 Å². The maximum absolute atomic E-state index is 12.3. The molecule has 1 aliphatic carbocycles. The minimum Gasteiger partial charge on any atom is -0.382 e. The van der Waals surface area contributed by atoms with Gasteiger partial charge in [0.15, 0.2) is 5.96 Å². The van der Waals surface area contributed by atoms with E-state index < -0.39 is 12.7 Å². The van der Waals surface area contributed by atoms with Crippen LogP contribution >= 0.6 is 0 Å². The summed E-state index contributed by atoms with van der Waals surface area (Å²) in [5, 5.41) is 6.44. The summed E-state index contributed by atoms with van der Waals surface area (Å²) in [4.78, 5) is 5.42. The number of guanidine groups is 1. The molecule has 0 atom stereocenters. The van der Waals surface area contributed by atoms with Gasteiger partial charge < -0.3 is 15.4 Å². The van der Waals surface area contributed by atoms with E-state index in [4.69, 9.17) is 4.74 Å². The molecule has 0 amide bonds. The number of ether oxygens (including phenoxy) is 1. The Balaban J connectivity index is 2.34. The van der Waals surface area contributed by atoms with Gasteiger partial charge in [0.25, 0.3) is 0 Å². The minimum atomic E-state index is -4.16. The molecule has 1 fully saturated rings. The van der Waals surface area contributed by atoms with Crippen LogP contribution in [0.25, 0.3) is 0 Å². The number of aliphatic imine (C=N–C) groups is 1. The highest BCUT2D eigenvalue weighted by atomic mass is 19.4. The zero-order valence-electron chi connectivity index (χ0n) is 15.7. The van der Waals surface area contributed by atoms with Gasteiger partial charge in [-0.3, -0.25) is 9.89 Å². The highest BCUT2D eigenvalue weighted by Crippen LogP contribution is 2.40. The Morgan fingerprint density at radius 3 is 2.48 bits per heavy atom. The molecule has 0 aromatic rings. The first kappa shape index (κ1) is 22.0. The molecule has 0 saturated heterocycles. The number of nitrogens with zero attached hydrogens (tertiary/aromatic N) is 2. The lowest BCUT2D eigenvalue weighted by Gasteiger charge is -2.30. The van der Waals surface area contributed by atoms with Crippen LogP contribution in [-0.2, 0) is 4.74 Å². The molecule has 0 aliphatic heterocycles. The van der Waals surface area contributed by atoms with Crippen LogP contribution in [0.2, 0.25) is 0 Å². The van der Waals surface area contributed by atoms with Crippen LogP contribution in [0.5, 0.6) is 0 Å². The first-order chi connectivity index (χ1) is 11.8. The summed E-state index contributed by atoms with van der Waals surface area (Å²) in [7, 11) is 3.14. The van der Waals surface area contributed by atoms with E-state index in [1.54, 1.807) is 7.05 Å². The molecule has 8 heteroatoms. The third-order valence-electron chi connectivity index (χ3n) is 4.73. The SMILES string of the molecule is CCOCCC1(CNC(=NC)NCCN(C)CC(F)(F)F)CCCC1. The minimum absolute atomic E-state index is 0.236. The van der Waals surface area contributed by atoms with Crippen molar-refractivity contribution in [3.05, 3.63) is 0 Å². The number of halogens is 3. The summed E-state index contributed by atoms with van der Waals surface area (Å²) in [6.07, 6.45) is 1.70. The molecule has 148 valence electrons. The Kier molecular flexibility index (Phi) is 9.56. The van der Waals surface area contributed by atoms with Crippen LogP contribution in [0.3, 0.4) is 0 Å². The van der Waals surface area contributed by atoms with E-state index >= 15 is 0 Å². The molecular weight excluding hydrogens is 333 g/mol. The Morgan fingerprint density at radius 2 is 1.92 bits per heavy atom. The van der Waals surface area contributed by atoms with Gasteiger partial charge in [-0.2, -0.15) is 13.2 Å². The van der Waals surface area contributed by atoms with Crippen LogP contribution in [0.1, 0.15) is 39.0 Å². The van der Waals surface area contributed by atoms with Crippen molar-refractivity contribution in [1.29, 1.82) is 0 Å². The van der Waals surface area contributed by atoms with Gasteiger partial charge in [0.1, 0.15) is 0 Å². The van der Waals surface area contributed by atoms with Gasteiger partial charge in [0.05, 0.1) is 6.54 Å². The van der Waals surface area contributed by atoms with Gasteiger partial charge in [-0.1, -0.05) is 12.8 Å². The fraction of sp³-hybridized carbons (Fsp3) is 0.941. The summed E-state index contributed by atoms with van der Waals surface area (Å²) in [5.41, 5.74) is 0.236. The monoisotopic (exact) mass is 366 g/mol. The Bertz CT molecular complexity index is 396. The normalized spacial score (nSPS) is 18.0. The number of likely N-dealkylation sites (N-methyl/N-ethyl adjacent to an activating group) is 1. The van der Waals surface area contributed by atoms with E-state index in [0.717, 1.165) is 26.2 Å². The molecular formula is C17H33F3N4O. The second-order valence-corrected chi connectivity index (χ2v) is 6.86. The van der Waals surface area contributed by atoms with Gasteiger partial charge in [-0.05, 0) is 38.6 Å². The van der Waals surface area contributed by atoms with Gasteiger partial charge in [-0.15, -0.1) is 0 Å². The molecule has 0 heterocycles. The number of alkyl halides is 3. The zero-order valence-corrected chi connectivity index (χ0v) is 15.7. The van der Waals surface area contributed by atoms with E-state index in [0.29, 0.717) is 19.0 Å². The van der Waals surface area contributed by atoms with Crippen LogP contribution in [-0.4, -0.2) is 70.5 Å². The van der Waals surface area contributed by atoms with E-state index in [-0.39, 0.29) is 5.41 Å². The molecule has 0 bridgehead atoms. The van der Waals surface area contributed by atoms with E-state index in [2.05, 4.69) is 15.6 Å². The molecule has 25 heavy (non-hydrogen) atoms. The number of hydrogen-bond acceptors (Lipinski definition) is 3. The van der Waals surface area contributed by atoms with Crippen LogP contribution in [0.15, 0.2) is 4.99 Å². The van der Waals surface area contributed by atoms with Gasteiger partial charge in [-0.25, -0.2) is 0 Å². The predicted octanol–water partition coefficient (Wildman–Crippen LogP) is 2.63. The van der Waals surface area contributed by atoms with Crippen LogP contribution in [0, 0.1) is 5.41 Å². The van der Waals surface area contributed by atoms with E-state index in [1.165, 1.54) is 37.6 Å². The molecule has 1 rings (SSSR count). The first-order valence-corrected chi connectivity index (χ1v) is 9.08. The molecule has 5 nitrogen and oxygen atoms in total. The number of hydrogen-bond donors (Lipinski definition) is 2. The second kappa shape index (κ2) is 10.9. The van der Waals surface area contributed by atoms with Crippen molar-refractivity contribution in [2.24, 2.45) is 10.4 Å². The fourth-order valence-electron chi connectivity index (χ4n) is 3.32. The molecule has 0 aromatic heterocycles. The largest absolute Gasteiger partial charge is 0.401 e. The van der Waals surface area contributed by atoms with Crippen molar-refractivity contribution in [1.82, 2.24) is 15.5 Å². The highest BCUT2D eigenvalue weighted by Gasteiger charge is 2.33. The summed E-state index contributed by atoms with van der Waals surface area (Å²) >= 11 is 0. The lowest BCUT2D eigenvalue weighted by atomic mass is 9.83. The van der Waals surface area contributed by atoms with Crippen molar-refractivity contribution in [2.45, 2.75) is 45.2 Å². The molecule has 0 aromatic carbocycles. The van der Waals surface area contributed by atoms with Gasteiger partial charge in [0.2, 0.25) is 0 Å². The summed E-state index contributed by atoms with van der Waals surface area (Å²) < 4.78 is 42.5. The number of nitrogens with one attached hydrogen (secondary N) is 2. The van der Waals surface area contributed by atoms with Crippen molar-refractivity contribution in [3.8, 4) is 0 Å². The molecule has 0 unspecified atom stereocenters. The average Bonchev–Trinajstić information content (AvgIpc) is 2.98. The maximum atomic E-state index is 12.3. The molecule has 2 N–H and O–H groups in total. The van der Waals surface area contributed by atoms with E-state index in [1.807, 2.05) is 6.92 Å². The fourth-order valence-corrected chi connectivity index (χ4v) is 3.32. The standard InChI is InChI=1S/C17H33F3N4O/c1-4-25-12-9-16(7-5-6-8-16)13-23-15(21-2)22-10-11-24(3)14-17(18,19)20/h4-14H2,1-3H3,(H2,21,22,23). The lowest BCUT2D eigenvalue weighted by Crippen LogP contribution is -2.45. The van der Waals surface area contributed by atoms with Crippen LogP contribution < -0.4 is 10.6 Å². The Morgan fingerprint density at radius 1 is 1.24 bits per heavy atom. The van der Waals surface area contributed by atoms with E-state index in [9.17, 15) is 13.2 Å². The molecule has 0 radical (unpaired) electrons. The quantitative estimate of drug-likeness (QED) is 0.355. The average molecular weight is 366 g/mol. The maximum Gasteiger partial charge on any atom is 0.401 e. The highest BCUT2D eigenvalue weighted by molar-refractivity contribution is 5.79. The summed E-state index contributed by atoms with van der Waals surface area (Å²) in [6, 6.07) is 0. The smallest absolute Gasteiger partial charge is 0.382 e.